The minimum absolute atomic E-state index is 0.150. The summed E-state index contributed by atoms with van der Waals surface area (Å²) in [5.41, 5.74) is 0.504. The molecule has 1 N–H and O–H groups in total. The molecule has 0 amide bonds. The number of hydrogen-bond donors (Lipinski definition) is 1. The number of benzene rings is 1. The van der Waals surface area contributed by atoms with Crippen molar-refractivity contribution in [3.63, 3.8) is 0 Å². The molecule has 100 valence electrons. The standard InChI is InChI=1S/C14H16FN3O/c1-2-8-16-14-17-9-7-13(18-14)19-10-11-5-3-4-6-12(11)15/h3-7,9H,2,8,10H2,1H3,(H,16,17,18). The largest absolute Gasteiger partial charge is 0.473 e. The Morgan fingerprint density at radius 3 is 2.89 bits per heavy atom. The molecule has 2 rings (SSSR count). The van der Waals surface area contributed by atoms with Gasteiger partial charge in [0.2, 0.25) is 11.8 Å². The van der Waals surface area contributed by atoms with E-state index in [0.717, 1.165) is 13.0 Å². The van der Waals surface area contributed by atoms with E-state index in [2.05, 4.69) is 22.2 Å². The predicted octanol–water partition coefficient (Wildman–Crippen LogP) is 3.02. The Morgan fingerprint density at radius 2 is 2.11 bits per heavy atom. The van der Waals surface area contributed by atoms with Crippen molar-refractivity contribution in [2.45, 2.75) is 20.0 Å². The molecule has 0 aliphatic carbocycles. The third kappa shape index (κ3) is 3.91. The van der Waals surface area contributed by atoms with E-state index in [1.807, 2.05) is 0 Å². The van der Waals surface area contributed by atoms with Gasteiger partial charge in [-0.05, 0) is 12.5 Å². The van der Waals surface area contributed by atoms with Crippen LogP contribution in [-0.2, 0) is 6.61 Å². The Kier molecular flexibility index (Phi) is 4.66. The highest BCUT2D eigenvalue weighted by Gasteiger charge is 2.03. The minimum atomic E-state index is -0.277. The zero-order valence-corrected chi connectivity index (χ0v) is 10.8. The predicted molar refractivity (Wildman–Crippen MR) is 71.5 cm³/mol. The van der Waals surface area contributed by atoms with E-state index < -0.39 is 0 Å². The fraction of sp³-hybridized carbons (Fsp3) is 0.286. The summed E-state index contributed by atoms with van der Waals surface area (Å²) in [5.74, 6) is 0.672. The Bertz CT molecular complexity index is 534. The highest BCUT2D eigenvalue weighted by Crippen LogP contribution is 2.13. The van der Waals surface area contributed by atoms with Crippen LogP contribution >= 0.6 is 0 Å². The van der Waals surface area contributed by atoms with Crippen LogP contribution in [0.15, 0.2) is 36.5 Å². The maximum absolute atomic E-state index is 13.4. The van der Waals surface area contributed by atoms with Crippen molar-refractivity contribution in [3.8, 4) is 5.88 Å². The van der Waals surface area contributed by atoms with Crippen molar-refractivity contribution in [2.24, 2.45) is 0 Å². The van der Waals surface area contributed by atoms with Crippen LogP contribution in [0.5, 0.6) is 5.88 Å². The molecule has 0 fully saturated rings. The Balaban J connectivity index is 1.98. The molecule has 1 aromatic heterocycles. The average Bonchev–Trinajstić information content (AvgIpc) is 2.45. The molecular weight excluding hydrogens is 245 g/mol. The van der Waals surface area contributed by atoms with Crippen molar-refractivity contribution in [1.82, 2.24) is 9.97 Å². The lowest BCUT2D eigenvalue weighted by atomic mass is 10.2. The maximum Gasteiger partial charge on any atom is 0.225 e. The first-order valence-electron chi connectivity index (χ1n) is 6.22. The number of anilines is 1. The van der Waals surface area contributed by atoms with E-state index in [1.54, 1.807) is 30.5 Å². The van der Waals surface area contributed by atoms with Crippen LogP contribution < -0.4 is 10.1 Å². The van der Waals surface area contributed by atoms with E-state index in [-0.39, 0.29) is 12.4 Å². The third-order valence-corrected chi connectivity index (χ3v) is 2.50. The fourth-order valence-corrected chi connectivity index (χ4v) is 1.51. The van der Waals surface area contributed by atoms with Crippen LogP contribution in [0.2, 0.25) is 0 Å². The summed E-state index contributed by atoms with van der Waals surface area (Å²) in [7, 11) is 0. The van der Waals surface area contributed by atoms with E-state index in [4.69, 9.17) is 4.74 Å². The van der Waals surface area contributed by atoms with Crippen molar-refractivity contribution in [3.05, 3.63) is 47.9 Å². The quantitative estimate of drug-likeness (QED) is 0.868. The molecule has 5 heteroatoms. The Morgan fingerprint density at radius 1 is 1.26 bits per heavy atom. The van der Waals surface area contributed by atoms with Gasteiger partial charge in [-0.1, -0.05) is 25.1 Å². The average molecular weight is 261 g/mol. The second-order valence-electron chi connectivity index (χ2n) is 4.03. The molecular formula is C14H16FN3O. The van der Waals surface area contributed by atoms with Gasteiger partial charge in [0, 0.05) is 24.4 Å². The summed E-state index contributed by atoms with van der Waals surface area (Å²) in [6, 6.07) is 8.17. The maximum atomic E-state index is 13.4. The molecule has 0 radical (unpaired) electrons. The van der Waals surface area contributed by atoms with Gasteiger partial charge >= 0.3 is 0 Å². The van der Waals surface area contributed by atoms with Gasteiger partial charge in [0.15, 0.2) is 0 Å². The van der Waals surface area contributed by atoms with E-state index >= 15 is 0 Å². The van der Waals surface area contributed by atoms with Crippen LogP contribution in [0, 0.1) is 5.82 Å². The molecule has 0 atom stereocenters. The number of hydrogen-bond acceptors (Lipinski definition) is 4. The van der Waals surface area contributed by atoms with Gasteiger partial charge in [-0.3, -0.25) is 0 Å². The summed E-state index contributed by atoms with van der Waals surface area (Å²) in [4.78, 5) is 8.26. The van der Waals surface area contributed by atoms with E-state index in [1.165, 1.54) is 6.07 Å². The lowest BCUT2D eigenvalue weighted by molar-refractivity contribution is 0.288. The van der Waals surface area contributed by atoms with Crippen LogP contribution in [0.1, 0.15) is 18.9 Å². The Hall–Kier alpha value is -2.17. The molecule has 0 bridgehead atoms. The molecule has 1 heterocycles. The first-order chi connectivity index (χ1) is 9.29. The van der Waals surface area contributed by atoms with Gasteiger partial charge < -0.3 is 10.1 Å². The van der Waals surface area contributed by atoms with Gasteiger partial charge in [-0.2, -0.15) is 4.98 Å². The van der Waals surface area contributed by atoms with Crippen molar-refractivity contribution in [2.75, 3.05) is 11.9 Å². The molecule has 0 aliphatic rings. The number of nitrogens with zero attached hydrogens (tertiary/aromatic N) is 2. The molecule has 0 aliphatic heterocycles. The smallest absolute Gasteiger partial charge is 0.225 e. The number of nitrogens with one attached hydrogen (secondary N) is 1. The normalized spacial score (nSPS) is 10.2. The van der Waals surface area contributed by atoms with E-state index in [0.29, 0.717) is 17.4 Å². The second-order valence-corrected chi connectivity index (χ2v) is 4.03. The minimum Gasteiger partial charge on any atom is -0.473 e. The molecule has 0 saturated carbocycles. The number of halogens is 1. The molecule has 0 spiro atoms. The lowest BCUT2D eigenvalue weighted by Gasteiger charge is -2.08. The van der Waals surface area contributed by atoms with Crippen LogP contribution in [0.25, 0.3) is 0 Å². The first-order valence-corrected chi connectivity index (χ1v) is 6.22. The fourth-order valence-electron chi connectivity index (χ4n) is 1.51. The van der Waals surface area contributed by atoms with Gasteiger partial charge in [0.05, 0.1) is 0 Å². The van der Waals surface area contributed by atoms with Crippen LogP contribution in [0.4, 0.5) is 10.3 Å². The van der Waals surface area contributed by atoms with Gasteiger partial charge in [-0.25, -0.2) is 9.37 Å². The third-order valence-electron chi connectivity index (χ3n) is 2.50. The first kappa shape index (κ1) is 13.3. The summed E-state index contributed by atoms with van der Waals surface area (Å²) in [6.07, 6.45) is 2.60. The highest BCUT2D eigenvalue weighted by molar-refractivity contribution is 5.27. The SMILES string of the molecule is CCCNc1nccc(OCc2ccccc2F)n1. The molecule has 4 nitrogen and oxygen atoms in total. The van der Waals surface area contributed by atoms with Crippen LogP contribution in [0.3, 0.4) is 0 Å². The van der Waals surface area contributed by atoms with Crippen molar-refractivity contribution < 1.29 is 9.13 Å². The zero-order chi connectivity index (χ0) is 13.5. The molecule has 2 aromatic rings. The molecule has 19 heavy (non-hydrogen) atoms. The monoisotopic (exact) mass is 261 g/mol. The lowest BCUT2D eigenvalue weighted by Crippen LogP contribution is -2.06. The number of ether oxygens (including phenoxy) is 1. The summed E-state index contributed by atoms with van der Waals surface area (Å²) in [6.45, 7) is 3.01. The molecule has 0 saturated heterocycles. The topological polar surface area (TPSA) is 47.0 Å². The summed E-state index contributed by atoms with van der Waals surface area (Å²) >= 11 is 0. The summed E-state index contributed by atoms with van der Waals surface area (Å²) < 4.78 is 18.9. The Labute approximate surface area is 111 Å². The molecule has 1 aromatic carbocycles. The van der Waals surface area contributed by atoms with Gasteiger partial charge in [0.25, 0.3) is 0 Å². The number of rotatable bonds is 6. The van der Waals surface area contributed by atoms with Crippen molar-refractivity contribution in [1.29, 1.82) is 0 Å². The van der Waals surface area contributed by atoms with Gasteiger partial charge in [-0.15, -0.1) is 0 Å². The van der Waals surface area contributed by atoms with Crippen LogP contribution in [-0.4, -0.2) is 16.5 Å². The number of aromatic nitrogens is 2. The second kappa shape index (κ2) is 6.68. The summed E-state index contributed by atoms with van der Waals surface area (Å²) in [5, 5.41) is 3.07. The zero-order valence-electron chi connectivity index (χ0n) is 10.8. The highest BCUT2D eigenvalue weighted by atomic mass is 19.1. The van der Waals surface area contributed by atoms with Gasteiger partial charge in [0.1, 0.15) is 12.4 Å². The van der Waals surface area contributed by atoms with E-state index in [9.17, 15) is 4.39 Å². The molecule has 0 unspecified atom stereocenters. The van der Waals surface area contributed by atoms with Crippen molar-refractivity contribution >= 4 is 5.95 Å².